The van der Waals surface area contributed by atoms with Gasteiger partial charge in [0.15, 0.2) is 17.6 Å². The highest BCUT2D eigenvalue weighted by molar-refractivity contribution is 7.55. The first-order chi connectivity index (χ1) is 55.0. The summed E-state index contributed by atoms with van der Waals surface area (Å²) in [6, 6.07) is 38.6. The molecule has 0 unspecified atom stereocenters. The van der Waals surface area contributed by atoms with Crippen LogP contribution >= 0.6 is 125 Å². The largest absolute Gasteiger partial charge is 0.643 e. The summed E-state index contributed by atoms with van der Waals surface area (Å²) >= 11 is 10.0. The molecular weight excluding hydrogens is 1800 g/mol. The molecule has 0 saturated carbocycles. The minimum absolute atomic E-state index is 0.0486. The standard InChI is InChI=1S/C14H8N6O2.C9H6N4O.C9H5N4O.2C7H8N2O.3C5H3ClN2O.C4H4N2.3Al.9ClH/c21-13(9-3-1-7-15-17-9)11-5-6-12(20-19-11)14(22)10-4-2-8-16-18-10;2*14-9(7-3-1-5-10-12-7)8-4-2-6-11-13-8;2*1-5-3-4-7(6(2)10)9-8-5;3*6-5(9)4-2-1-3-7-8-4;1-2-4-6-5-3-1;;;;;;;;;;;;/h1-8H;1-6H;1-5H;2*3-4H,1-2H3;3*1-3H;1-4H;;;;9*1H/q;;+1;;;;;;;3*+3;;;;;;;;;/p-9. The highest BCUT2D eigenvalue weighted by Gasteiger charge is 2.20. The first-order valence-corrected chi connectivity index (χ1v) is 47.5. The molecule has 35 nitrogen and oxygen atoms in total. The Morgan fingerprint density at radius 2 is 0.487 bits per heavy atom. The molecule has 0 atom stereocenters. The molecule has 0 bridgehead atoms. The lowest BCUT2D eigenvalue weighted by molar-refractivity contribution is 0.0999. The fourth-order valence-electron chi connectivity index (χ4n) is 6.25. The number of hydrogen-bond donors (Lipinski definition) is 0. The summed E-state index contributed by atoms with van der Waals surface area (Å²) in [4.78, 5) is 99.7. The van der Waals surface area contributed by atoms with E-state index in [4.69, 9.17) is 125 Å². The summed E-state index contributed by atoms with van der Waals surface area (Å²) in [7, 11) is 44.5. The van der Waals surface area contributed by atoms with Crippen LogP contribution in [-0.2, 0) is 0 Å². The molecule has 12 aromatic heterocycles. The minimum Gasteiger partial charge on any atom is -0.293 e. The maximum absolute atomic E-state index is 12.1. The third-order valence-electron chi connectivity index (χ3n) is 11.0. The van der Waals surface area contributed by atoms with Crippen molar-refractivity contribution in [1.82, 2.24) is 122 Å². The summed E-state index contributed by atoms with van der Waals surface area (Å²) in [5.74, 6) is -1.50. The Balaban J connectivity index is 0.000000439. The lowest BCUT2D eigenvalue weighted by Crippen LogP contribution is -2.14. The van der Waals surface area contributed by atoms with Crippen molar-refractivity contribution >= 4 is 222 Å². The topological polar surface area (TPSA) is 488 Å². The fraction of sp³-hybridized carbons (Fsp3) is 0.0615. The van der Waals surface area contributed by atoms with Crippen molar-refractivity contribution in [3.8, 4) is 0 Å². The number of carbonyl (C=O) groups is 9. The maximum atomic E-state index is 12.1. The number of aromatic nitrogens is 24. The van der Waals surface area contributed by atoms with Crippen LogP contribution in [0.3, 0.4) is 0 Å². The van der Waals surface area contributed by atoms with E-state index in [9.17, 15) is 43.2 Å². The predicted octanol–water partition coefficient (Wildman–Crippen LogP) is 11.6. The van der Waals surface area contributed by atoms with Gasteiger partial charge in [-0.2, -0.15) is 61.2 Å². The van der Waals surface area contributed by atoms with Crippen molar-refractivity contribution in [3.63, 3.8) is 0 Å². The molecule has 115 heavy (non-hydrogen) atoms. The predicted molar refractivity (Wildman–Crippen MR) is 433 cm³/mol. The molecule has 0 N–H and O–H groups in total. The quantitative estimate of drug-likeness (QED) is 0.0448. The first-order valence-electron chi connectivity index (χ1n) is 30.7. The Kier molecular flexibility index (Phi) is 54.1. The maximum Gasteiger partial charge on any atom is 0.643 e. The van der Waals surface area contributed by atoms with Gasteiger partial charge in [-0.3, -0.25) is 43.2 Å². The van der Waals surface area contributed by atoms with Crippen molar-refractivity contribution in [2.45, 2.75) is 27.7 Å². The number of hydrogen-bond acceptors (Lipinski definition) is 35. The number of nitrogens with zero attached hydrogens (tertiary/aromatic N) is 26. The van der Waals surface area contributed by atoms with Gasteiger partial charge >= 0.3 is 34.2 Å². The van der Waals surface area contributed by atoms with Gasteiger partial charge in [-0.25, -0.2) is 90.4 Å². The lowest BCUT2D eigenvalue weighted by atomic mass is 10.1. The van der Waals surface area contributed by atoms with Crippen LogP contribution in [0.15, 0.2) is 230 Å². The molecule has 1 aliphatic heterocycles. The lowest BCUT2D eigenvalue weighted by Gasteiger charge is -2.00. The van der Waals surface area contributed by atoms with Gasteiger partial charge in [-0.15, -0.1) is 61.2 Å². The second-order valence-corrected chi connectivity index (χ2v) is 39.6. The number of halogens is 12. The molecule has 584 valence electrons. The average Bonchev–Trinajstić information content (AvgIpc) is 0.834. The smallest absolute Gasteiger partial charge is 0.293 e. The van der Waals surface area contributed by atoms with Gasteiger partial charge in [-0.05, 0) is 194 Å². The second-order valence-electron chi connectivity index (χ2n) is 19.2. The Hall–Kier alpha value is -9.94. The van der Waals surface area contributed by atoms with Gasteiger partial charge in [0.2, 0.25) is 29.3 Å². The third kappa shape index (κ3) is 48.1. The Morgan fingerprint density at radius 1 is 0.270 bits per heavy atom. The molecule has 12 aromatic rings. The minimum atomic E-state index is -1.72. The number of aryl methyl sites for hydroxylation is 2. The van der Waals surface area contributed by atoms with Gasteiger partial charge < -0.3 is 0 Å². The van der Waals surface area contributed by atoms with Crippen molar-refractivity contribution in [2.24, 2.45) is 10.2 Å². The van der Waals surface area contributed by atoms with Crippen molar-refractivity contribution in [2.75, 3.05) is 0 Å². The van der Waals surface area contributed by atoms with E-state index in [1.54, 1.807) is 103 Å². The van der Waals surface area contributed by atoms with Gasteiger partial charge in [0, 0.05) is 80.9 Å². The summed E-state index contributed by atoms with van der Waals surface area (Å²) in [5, 5.41) is 92.0. The average molecular weight is 1840 g/mol. The molecule has 0 radical (unpaired) electrons. The molecule has 0 amide bonds. The van der Waals surface area contributed by atoms with Gasteiger partial charge in [0.05, 0.1) is 11.4 Å². The van der Waals surface area contributed by atoms with E-state index in [2.05, 4.69) is 139 Å². The summed E-state index contributed by atoms with van der Waals surface area (Å²) in [5.41, 5.74) is 4.55. The SMILES string of the molecule is CC(=O)c1ccc(C)nn1.CC(=O)c1ccc(C)nn1.O=C(C1=NN=[C+]C=C1)c1cccnn1.O=C(Cl)c1cccnn1.O=C(Cl)c1cccnn1.O=C(Cl)c1cccnn1.O=C(c1cccnn1)c1ccc(C(=O)c2cccnn2)nn1.O=C(c1cccnn1)c1cccnn1.[Cl][Al]([Cl])[Cl].[Cl][Al]([Cl])[Cl].[Cl][Al]([Cl])[Cl].c1ccnnc1. The highest BCUT2D eigenvalue weighted by Crippen LogP contribution is 2.09. The molecule has 0 spiro atoms. The molecule has 0 aliphatic carbocycles. The zero-order valence-corrected chi connectivity index (χ0v) is 71.4. The van der Waals surface area contributed by atoms with E-state index in [0.29, 0.717) is 11.4 Å². The van der Waals surface area contributed by atoms with Crippen molar-refractivity contribution in [1.29, 1.82) is 0 Å². The van der Waals surface area contributed by atoms with Crippen molar-refractivity contribution < 1.29 is 43.2 Å². The Morgan fingerprint density at radius 3 is 0.652 bits per heavy atom. The number of allylic oxidation sites excluding steroid dienone is 2. The summed E-state index contributed by atoms with van der Waals surface area (Å²) < 4.78 is 0. The van der Waals surface area contributed by atoms with Crippen LogP contribution in [0.1, 0.15) is 137 Å². The molecule has 0 saturated heterocycles. The van der Waals surface area contributed by atoms with E-state index < -0.39 is 61.4 Å². The van der Waals surface area contributed by atoms with Crippen molar-refractivity contribution in [3.05, 3.63) is 299 Å². The molecular formula is C65H48Al3Cl12N26O9+. The summed E-state index contributed by atoms with van der Waals surface area (Å²) in [6.45, 7) is 6.60. The van der Waals surface area contributed by atoms with E-state index >= 15 is 0 Å². The molecule has 0 fully saturated rings. The Labute approximate surface area is 717 Å². The number of rotatable bonds is 13. The molecule has 1 aliphatic rings. The monoisotopic (exact) mass is 1840 g/mol. The normalized spacial score (nSPS) is 9.62. The molecule has 0 aromatic carbocycles. The van der Waals surface area contributed by atoms with Crippen LogP contribution in [0.25, 0.3) is 0 Å². The zero-order valence-electron chi connectivity index (χ0n) is 58.9. The zero-order chi connectivity index (χ0) is 85.1. The van der Waals surface area contributed by atoms with E-state index in [-0.39, 0.29) is 85.8 Å². The van der Waals surface area contributed by atoms with Crippen LogP contribution < -0.4 is 0 Å². The summed E-state index contributed by atoms with van der Waals surface area (Å²) in [6.07, 6.45) is 20.7. The fourth-order valence-corrected chi connectivity index (χ4v) is 6.55. The van der Waals surface area contributed by atoms with E-state index in [1.807, 2.05) is 26.0 Å². The Bertz CT molecular complexity index is 4620. The molecule has 50 heteroatoms. The second kappa shape index (κ2) is 61.5. The molecule has 13 heterocycles. The van der Waals surface area contributed by atoms with Crippen LogP contribution in [0.4, 0.5) is 0 Å². The first kappa shape index (κ1) is 101. The third-order valence-corrected chi connectivity index (χ3v) is 11.6. The van der Waals surface area contributed by atoms with E-state index in [1.165, 1.54) is 118 Å². The number of carbonyl (C=O) groups excluding carboxylic acids is 9. The van der Waals surface area contributed by atoms with Gasteiger partial charge in [0.1, 0.15) is 74.4 Å². The van der Waals surface area contributed by atoms with Gasteiger partial charge in [-0.1, -0.05) is 5.10 Å². The van der Waals surface area contributed by atoms with Crippen LogP contribution in [-0.4, -0.2) is 219 Å². The van der Waals surface area contributed by atoms with Crippen LogP contribution in [0.5, 0.6) is 0 Å². The number of ketones is 6. The van der Waals surface area contributed by atoms with Gasteiger partial charge in [0.25, 0.3) is 21.5 Å². The van der Waals surface area contributed by atoms with Crippen LogP contribution in [0, 0.1) is 13.8 Å². The molecule has 13 rings (SSSR count). The highest BCUT2D eigenvalue weighted by atomic mass is 35.8. The van der Waals surface area contributed by atoms with E-state index in [0.717, 1.165) is 11.4 Å². The van der Waals surface area contributed by atoms with Crippen LogP contribution in [0.2, 0.25) is 0 Å². The number of Topliss-reactive ketones (excluding diaryl/α,β-unsaturated/α-hetero) is 3.